The zero-order valence-corrected chi connectivity index (χ0v) is 10.8. The summed E-state index contributed by atoms with van der Waals surface area (Å²) in [4.78, 5) is 6.67. The maximum Gasteiger partial charge on any atom is 0.125 e. The van der Waals surface area contributed by atoms with Crippen molar-refractivity contribution in [3.63, 3.8) is 0 Å². The van der Waals surface area contributed by atoms with Gasteiger partial charge in [0, 0.05) is 25.3 Å². The first kappa shape index (κ1) is 13.0. The number of aryl methyl sites for hydroxylation is 1. The van der Waals surface area contributed by atoms with Gasteiger partial charge in [-0.3, -0.25) is 0 Å². The van der Waals surface area contributed by atoms with E-state index in [1.54, 1.807) is 0 Å². The SMILES string of the molecule is CCC(C)N(C)CCNc1ccc(C)cn1. The highest BCUT2D eigenvalue weighted by molar-refractivity contribution is 5.34. The lowest BCUT2D eigenvalue weighted by molar-refractivity contribution is 0.261. The highest BCUT2D eigenvalue weighted by Gasteiger charge is 2.05. The van der Waals surface area contributed by atoms with E-state index in [-0.39, 0.29) is 0 Å². The number of hydrogen-bond acceptors (Lipinski definition) is 3. The standard InChI is InChI=1S/C13H23N3/c1-5-12(3)16(4)9-8-14-13-7-6-11(2)10-15-13/h6-7,10,12H,5,8-9H2,1-4H3,(H,14,15). The summed E-state index contributed by atoms with van der Waals surface area (Å²) in [5.74, 6) is 0.961. The van der Waals surface area contributed by atoms with Crippen molar-refractivity contribution < 1.29 is 0 Å². The molecule has 0 aliphatic carbocycles. The first-order chi connectivity index (χ1) is 7.63. The van der Waals surface area contributed by atoms with E-state index < -0.39 is 0 Å². The van der Waals surface area contributed by atoms with E-state index in [0.717, 1.165) is 18.9 Å². The molecule has 0 bridgehead atoms. The molecule has 0 saturated heterocycles. The van der Waals surface area contributed by atoms with E-state index in [9.17, 15) is 0 Å². The van der Waals surface area contributed by atoms with Crippen molar-refractivity contribution in [3.8, 4) is 0 Å². The minimum absolute atomic E-state index is 0.646. The fourth-order valence-electron chi connectivity index (χ4n) is 1.46. The van der Waals surface area contributed by atoms with Crippen molar-refractivity contribution in [2.45, 2.75) is 33.2 Å². The second kappa shape index (κ2) is 6.48. The number of nitrogens with zero attached hydrogens (tertiary/aromatic N) is 2. The lowest BCUT2D eigenvalue weighted by Crippen LogP contribution is -2.32. The van der Waals surface area contributed by atoms with E-state index in [1.165, 1.54) is 12.0 Å². The maximum absolute atomic E-state index is 4.31. The molecular formula is C13H23N3. The second-order valence-electron chi connectivity index (χ2n) is 4.39. The third kappa shape index (κ3) is 4.19. The van der Waals surface area contributed by atoms with Crippen LogP contribution >= 0.6 is 0 Å². The van der Waals surface area contributed by atoms with Gasteiger partial charge in [-0.05, 0) is 38.9 Å². The third-order valence-corrected chi connectivity index (χ3v) is 3.03. The summed E-state index contributed by atoms with van der Waals surface area (Å²) >= 11 is 0. The molecule has 0 fully saturated rings. The lowest BCUT2D eigenvalue weighted by Gasteiger charge is -2.23. The van der Waals surface area contributed by atoms with Crippen molar-refractivity contribution in [3.05, 3.63) is 23.9 Å². The van der Waals surface area contributed by atoms with Crippen LogP contribution in [-0.4, -0.2) is 36.1 Å². The van der Waals surface area contributed by atoms with E-state index in [0.29, 0.717) is 6.04 Å². The summed E-state index contributed by atoms with van der Waals surface area (Å²) in [7, 11) is 2.17. The summed E-state index contributed by atoms with van der Waals surface area (Å²) in [6.45, 7) is 8.51. The van der Waals surface area contributed by atoms with Crippen LogP contribution in [-0.2, 0) is 0 Å². The molecule has 3 nitrogen and oxygen atoms in total. The molecule has 90 valence electrons. The van der Waals surface area contributed by atoms with Gasteiger partial charge in [0.2, 0.25) is 0 Å². The molecule has 0 radical (unpaired) electrons. The van der Waals surface area contributed by atoms with E-state index in [4.69, 9.17) is 0 Å². The van der Waals surface area contributed by atoms with E-state index >= 15 is 0 Å². The minimum Gasteiger partial charge on any atom is -0.369 e. The van der Waals surface area contributed by atoms with Crippen LogP contribution in [0.4, 0.5) is 5.82 Å². The van der Waals surface area contributed by atoms with Gasteiger partial charge in [0.05, 0.1) is 0 Å². The first-order valence-corrected chi connectivity index (χ1v) is 6.00. The number of nitrogens with one attached hydrogen (secondary N) is 1. The summed E-state index contributed by atoms with van der Waals surface area (Å²) in [5.41, 5.74) is 1.20. The Kier molecular flexibility index (Phi) is 5.26. The molecule has 16 heavy (non-hydrogen) atoms. The Morgan fingerprint density at radius 1 is 1.44 bits per heavy atom. The molecule has 1 unspecified atom stereocenters. The number of rotatable bonds is 6. The molecule has 1 N–H and O–H groups in total. The van der Waals surface area contributed by atoms with E-state index in [1.807, 2.05) is 19.2 Å². The normalized spacial score (nSPS) is 12.8. The van der Waals surface area contributed by atoms with Gasteiger partial charge in [-0.2, -0.15) is 0 Å². The highest BCUT2D eigenvalue weighted by Crippen LogP contribution is 2.04. The molecule has 1 atom stereocenters. The molecular weight excluding hydrogens is 198 g/mol. The van der Waals surface area contributed by atoms with E-state index in [2.05, 4.69) is 42.2 Å². The van der Waals surface area contributed by atoms with Crippen LogP contribution in [0.5, 0.6) is 0 Å². The van der Waals surface area contributed by atoms with Crippen LogP contribution in [0.3, 0.4) is 0 Å². The van der Waals surface area contributed by atoms with Crippen molar-refractivity contribution in [1.29, 1.82) is 0 Å². The van der Waals surface area contributed by atoms with Crippen LogP contribution in [0, 0.1) is 6.92 Å². The topological polar surface area (TPSA) is 28.2 Å². The summed E-state index contributed by atoms with van der Waals surface area (Å²) in [6, 6.07) is 4.75. The largest absolute Gasteiger partial charge is 0.369 e. The molecule has 0 aromatic carbocycles. The molecule has 0 aliphatic heterocycles. The minimum atomic E-state index is 0.646. The van der Waals surface area contributed by atoms with Crippen molar-refractivity contribution in [2.24, 2.45) is 0 Å². The van der Waals surface area contributed by atoms with Crippen LogP contribution < -0.4 is 5.32 Å². The Hall–Kier alpha value is -1.09. The predicted octanol–water partition coefficient (Wildman–Crippen LogP) is 2.53. The maximum atomic E-state index is 4.31. The smallest absolute Gasteiger partial charge is 0.125 e. The summed E-state index contributed by atoms with van der Waals surface area (Å²) in [5, 5.41) is 3.33. The molecule has 0 saturated carbocycles. The third-order valence-electron chi connectivity index (χ3n) is 3.03. The van der Waals surface area contributed by atoms with Crippen LogP contribution in [0.25, 0.3) is 0 Å². The monoisotopic (exact) mass is 221 g/mol. The Bertz CT molecular complexity index is 295. The fourth-order valence-corrected chi connectivity index (χ4v) is 1.46. The predicted molar refractivity (Wildman–Crippen MR) is 69.8 cm³/mol. The molecule has 1 heterocycles. The average Bonchev–Trinajstić information content (AvgIpc) is 2.30. The number of aromatic nitrogens is 1. The van der Waals surface area contributed by atoms with Gasteiger partial charge in [0.25, 0.3) is 0 Å². The zero-order chi connectivity index (χ0) is 12.0. The number of anilines is 1. The number of pyridine rings is 1. The molecule has 3 heteroatoms. The van der Waals surface area contributed by atoms with Gasteiger partial charge in [-0.15, -0.1) is 0 Å². The molecule has 1 rings (SSSR count). The lowest BCUT2D eigenvalue weighted by atomic mass is 10.2. The average molecular weight is 221 g/mol. The molecule has 1 aromatic rings. The van der Waals surface area contributed by atoms with Crippen LogP contribution in [0.2, 0.25) is 0 Å². The Morgan fingerprint density at radius 2 is 2.19 bits per heavy atom. The van der Waals surface area contributed by atoms with Crippen molar-refractivity contribution in [1.82, 2.24) is 9.88 Å². The quantitative estimate of drug-likeness (QED) is 0.800. The molecule has 0 amide bonds. The fraction of sp³-hybridized carbons (Fsp3) is 0.615. The zero-order valence-electron chi connectivity index (χ0n) is 10.8. The van der Waals surface area contributed by atoms with Gasteiger partial charge < -0.3 is 10.2 Å². The Labute approximate surface area is 98.9 Å². The molecule has 0 aliphatic rings. The number of likely N-dealkylation sites (N-methyl/N-ethyl adjacent to an activating group) is 1. The van der Waals surface area contributed by atoms with Gasteiger partial charge in [-0.25, -0.2) is 4.98 Å². The Balaban J connectivity index is 2.27. The van der Waals surface area contributed by atoms with Gasteiger partial charge in [0.1, 0.15) is 5.82 Å². The number of hydrogen-bond donors (Lipinski definition) is 1. The van der Waals surface area contributed by atoms with Crippen molar-refractivity contribution in [2.75, 3.05) is 25.5 Å². The van der Waals surface area contributed by atoms with Gasteiger partial charge in [-0.1, -0.05) is 13.0 Å². The molecule has 1 aromatic heterocycles. The van der Waals surface area contributed by atoms with Gasteiger partial charge in [0.15, 0.2) is 0 Å². The Morgan fingerprint density at radius 3 is 2.75 bits per heavy atom. The highest BCUT2D eigenvalue weighted by atomic mass is 15.1. The van der Waals surface area contributed by atoms with Crippen molar-refractivity contribution >= 4 is 5.82 Å². The first-order valence-electron chi connectivity index (χ1n) is 6.00. The van der Waals surface area contributed by atoms with Crippen LogP contribution in [0.15, 0.2) is 18.3 Å². The second-order valence-corrected chi connectivity index (χ2v) is 4.39. The van der Waals surface area contributed by atoms with Gasteiger partial charge >= 0.3 is 0 Å². The van der Waals surface area contributed by atoms with Crippen LogP contribution in [0.1, 0.15) is 25.8 Å². The summed E-state index contributed by atoms with van der Waals surface area (Å²) < 4.78 is 0. The summed E-state index contributed by atoms with van der Waals surface area (Å²) in [6.07, 6.45) is 3.08. The molecule has 0 spiro atoms.